The Kier molecular flexibility index (Phi) is 3.93. The Bertz CT molecular complexity index is 417. The molecular weight excluding hydrogens is 272 g/mol. The van der Waals surface area contributed by atoms with Crippen LogP contribution in [0.5, 0.6) is 0 Å². The topological polar surface area (TPSA) is 26.0 Å². The summed E-state index contributed by atoms with van der Waals surface area (Å²) in [5, 5.41) is -0.691. The summed E-state index contributed by atoms with van der Waals surface area (Å²) in [6.45, 7) is 0. The van der Waals surface area contributed by atoms with E-state index >= 15 is 0 Å². The van der Waals surface area contributed by atoms with Crippen LogP contribution in [0, 0.1) is 5.82 Å². The number of benzene rings is 1. The molecule has 0 aromatic heterocycles. The minimum atomic E-state index is -4.98. The Labute approximate surface area is 97.2 Å². The molecule has 0 amide bonds. The maximum Gasteiger partial charge on any atom is 0.416 e. The zero-order chi connectivity index (χ0) is 13.4. The smallest absolute Gasteiger partial charge is 0.319 e. The van der Waals surface area contributed by atoms with Gasteiger partial charge in [-0.05, 0) is 12.1 Å². The van der Waals surface area contributed by atoms with Gasteiger partial charge in [-0.1, -0.05) is 11.6 Å². The first-order valence-corrected chi connectivity index (χ1v) is 4.63. The van der Waals surface area contributed by atoms with Gasteiger partial charge in [0, 0.05) is 5.56 Å². The maximum absolute atomic E-state index is 13.4. The third-order valence-electron chi connectivity index (χ3n) is 2.04. The number of alkyl halides is 5. The van der Waals surface area contributed by atoms with Gasteiger partial charge in [-0.25, -0.2) is 13.2 Å². The van der Waals surface area contributed by atoms with Gasteiger partial charge in [0.05, 0.1) is 16.6 Å². The first-order valence-electron chi connectivity index (χ1n) is 4.25. The third-order valence-corrected chi connectivity index (χ3v) is 2.33. The lowest BCUT2D eigenvalue weighted by Crippen LogP contribution is -2.25. The number of rotatable bonds is 2. The molecule has 0 aliphatic carbocycles. The minimum Gasteiger partial charge on any atom is -0.319 e. The maximum atomic E-state index is 13.4. The Morgan fingerprint density at radius 1 is 1.18 bits per heavy atom. The highest BCUT2D eigenvalue weighted by atomic mass is 35.5. The van der Waals surface area contributed by atoms with Crippen LogP contribution >= 0.6 is 11.6 Å². The largest absolute Gasteiger partial charge is 0.416 e. The Balaban J connectivity index is 3.47. The van der Waals surface area contributed by atoms with Crippen LogP contribution in [0.4, 0.5) is 26.3 Å². The Morgan fingerprint density at radius 3 is 2.12 bits per heavy atom. The van der Waals surface area contributed by atoms with Crippen LogP contribution in [0.1, 0.15) is 17.2 Å². The quantitative estimate of drug-likeness (QED) is 0.818. The van der Waals surface area contributed by atoms with E-state index in [-0.39, 0.29) is 0 Å². The molecule has 0 aliphatic heterocycles. The monoisotopic (exact) mass is 277 g/mol. The molecule has 8 heteroatoms. The number of halogens is 7. The molecule has 0 saturated heterocycles. The van der Waals surface area contributed by atoms with Crippen LogP contribution in [0.15, 0.2) is 12.1 Å². The van der Waals surface area contributed by atoms with Crippen molar-refractivity contribution in [2.75, 3.05) is 0 Å². The van der Waals surface area contributed by atoms with Gasteiger partial charge in [0.25, 0.3) is 6.43 Å². The van der Waals surface area contributed by atoms with Crippen LogP contribution in [0.3, 0.4) is 0 Å². The molecular formula is C9H6ClF6N. The summed E-state index contributed by atoms with van der Waals surface area (Å²) in [7, 11) is 0. The number of hydrogen-bond donors (Lipinski definition) is 1. The minimum absolute atomic E-state index is 0.420. The van der Waals surface area contributed by atoms with Crippen LogP contribution in [-0.4, -0.2) is 6.43 Å². The molecule has 0 fully saturated rings. The molecule has 17 heavy (non-hydrogen) atoms. The molecule has 1 aromatic rings. The van der Waals surface area contributed by atoms with Crippen LogP contribution in [0.2, 0.25) is 5.02 Å². The SMILES string of the molecule is N[C@H](c1c(C(F)(F)F)ccc(Cl)c1F)C(F)F. The van der Waals surface area contributed by atoms with E-state index in [4.69, 9.17) is 17.3 Å². The summed E-state index contributed by atoms with van der Waals surface area (Å²) in [5.41, 5.74) is 1.99. The van der Waals surface area contributed by atoms with Crippen LogP contribution in [-0.2, 0) is 6.18 Å². The van der Waals surface area contributed by atoms with Gasteiger partial charge in [-0.15, -0.1) is 0 Å². The summed E-state index contributed by atoms with van der Waals surface area (Å²) in [6.07, 6.45) is -8.31. The van der Waals surface area contributed by atoms with Gasteiger partial charge in [-0.2, -0.15) is 13.2 Å². The molecule has 2 N–H and O–H groups in total. The number of hydrogen-bond acceptors (Lipinski definition) is 1. The first-order chi connectivity index (χ1) is 7.66. The lowest BCUT2D eigenvalue weighted by molar-refractivity contribution is -0.138. The van der Waals surface area contributed by atoms with Crippen molar-refractivity contribution < 1.29 is 26.3 Å². The lowest BCUT2D eigenvalue weighted by Gasteiger charge is -2.19. The molecule has 96 valence electrons. The van der Waals surface area contributed by atoms with Crippen LogP contribution < -0.4 is 5.73 Å². The zero-order valence-electron chi connectivity index (χ0n) is 8.03. The fraction of sp³-hybridized carbons (Fsp3) is 0.333. The molecule has 0 bridgehead atoms. The summed E-state index contributed by atoms with van der Waals surface area (Å²) in [6, 6.07) is -1.32. The standard InChI is InChI=1S/C9H6ClF6N/c10-4-2-1-3(9(14,15)16)5(6(4)11)7(17)8(12)13/h1-2,7-8H,17H2/t7-/m1/s1. The van der Waals surface area contributed by atoms with Crippen LogP contribution in [0.25, 0.3) is 0 Å². The Hall–Kier alpha value is -0.950. The van der Waals surface area contributed by atoms with Crippen molar-refractivity contribution in [1.29, 1.82) is 0 Å². The molecule has 0 aliphatic rings. The van der Waals surface area contributed by atoms with E-state index < -0.39 is 40.6 Å². The van der Waals surface area contributed by atoms with Gasteiger partial charge < -0.3 is 5.73 Å². The normalized spacial score (nSPS) is 14.2. The highest BCUT2D eigenvalue weighted by molar-refractivity contribution is 6.30. The van der Waals surface area contributed by atoms with E-state index in [1.165, 1.54) is 0 Å². The molecule has 1 atom stereocenters. The van der Waals surface area contributed by atoms with Crippen molar-refractivity contribution in [3.63, 3.8) is 0 Å². The highest BCUT2D eigenvalue weighted by Gasteiger charge is 2.38. The summed E-state index contributed by atoms with van der Waals surface area (Å²) in [5.74, 6) is -1.57. The van der Waals surface area contributed by atoms with Gasteiger partial charge in [0.1, 0.15) is 5.82 Å². The van der Waals surface area contributed by atoms with E-state index in [0.29, 0.717) is 12.1 Å². The highest BCUT2D eigenvalue weighted by Crippen LogP contribution is 2.38. The summed E-state index contributed by atoms with van der Waals surface area (Å²) in [4.78, 5) is 0. The predicted octanol–water partition coefficient (Wildman–Crippen LogP) is 3.76. The fourth-order valence-corrected chi connectivity index (χ4v) is 1.43. The van der Waals surface area contributed by atoms with Gasteiger partial charge in [0.2, 0.25) is 0 Å². The third kappa shape index (κ3) is 2.84. The van der Waals surface area contributed by atoms with Crippen molar-refractivity contribution in [2.24, 2.45) is 5.73 Å². The second kappa shape index (κ2) is 4.73. The van der Waals surface area contributed by atoms with Crippen molar-refractivity contribution in [3.8, 4) is 0 Å². The average molecular weight is 278 g/mol. The second-order valence-electron chi connectivity index (χ2n) is 3.18. The predicted molar refractivity (Wildman–Crippen MR) is 49.3 cm³/mol. The van der Waals surface area contributed by atoms with E-state index in [1.54, 1.807) is 0 Å². The van der Waals surface area contributed by atoms with Crippen molar-refractivity contribution >= 4 is 11.6 Å². The lowest BCUT2D eigenvalue weighted by atomic mass is 10.00. The zero-order valence-corrected chi connectivity index (χ0v) is 8.79. The molecule has 0 saturated carbocycles. The average Bonchev–Trinajstić information content (AvgIpc) is 2.19. The van der Waals surface area contributed by atoms with E-state index in [2.05, 4.69) is 0 Å². The van der Waals surface area contributed by atoms with Gasteiger partial charge in [0.15, 0.2) is 0 Å². The van der Waals surface area contributed by atoms with Crippen molar-refractivity contribution in [1.82, 2.24) is 0 Å². The molecule has 0 radical (unpaired) electrons. The van der Waals surface area contributed by atoms with Crippen molar-refractivity contribution in [3.05, 3.63) is 34.1 Å². The number of nitrogens with two attached hydrogens (primary N) is 1. The molecule has 0 heterocycles. The molecule has 0 unspecified atom stereocenters. The summed E-state index contributed by atoms with van der Waals surface area (Å²) < 4.78 is 75.4. The van der Waals surface area contributed by atoms with Gasteiger partial charge in [-0.3, -0.25) is 0 Å². The van der Waals surface area contributed by atoms with E-state index in [1.807, 2.05) is 0 Å². The first kappa shape index (κ1) is 14.1. The second-order valence-corrected chi connectivity index (χ2v) is 3.59. The molecule has 1 nitrogen and oxygen atoms in total. The fourth-order valence-electron chi connectivity index (χ4n) is 1.27. The summed E-state index contributed by atoms with van der Waals surface area (Å²) >= 11 is 5.24. The van der Waals surface area contributed by atoms with Crippen molar-refractivity contribution in [2.45, 2.75) is 18.6 Å². The molecule has 1 rings (SSSR count). The Morgan fingerprint density at radius 2 is 1.71 bits per heavy atom. The van der Waals surface area contributed by atoms with E-state index in [9.17, 15) is 26.3 Å². The van der Waals surface area contributed by atoms with Gasteiger partial charge >= 0.3 is 6.18 Å². The molecule has 0 spiro atoms. The molecule has 1 aromatic carbocycles. The van der Waals surface area contributed by atoms with E-state index in [0.717, 1.165) is 0 Å².